The zero-order valence-corrected chi connectivity index (χ0v) is 17.6. The van der Waals surface area contributed by atoms with E-state index in [0.29, 0.717) is 21.8 Å². The molecule has 0 bridgehead atoms. The largest absolute Gasteiger partial charge is 0.484 e. The minimum absolute atomic E-state index is 0.0654. The maximum Gasteiger partial charge on any atom is 0.405 e. The molecule has 1 amide bonds. The third kappa shape index (κ3) is 7.11. The van der Waals surface area contributed by atoms with Gasteiger partial charge in [-0.05, 0) is 25.0 Å². The first kappa shape index (κ1) is 23.3. The number of para-hydroxylation sites is 1. The molecular formula is C18H22ClF3N4O2S. The lowest BCUT2D eigenvalue weighted by molar-refractivity contribution is -0.136. The summed E-state index contributed by atoms with van der Waals surface area (Å²) in [5.74, 6) is 0.144. The molecule has 0 aliphatic heterocycles. The monoisotopic (exact) mass is 450 g/mol. The molecule has 1 heterocycles. The Morgan fingerprint density at radius 2 is 1.97 bits per heavy atom. The molecule has 2 rings (SSSR count). The van der Waals surface area contributed by atoms with E-state index in [9.17, 15) is 18.0 Å². The molecule has 0 unspecified atom stereocenters. The van der Waals surface area contributed by atoms with E-state index in [2.05, 4.69) is 10.2 Å². The van der Waals surface area contributed by atoms with Crippen LogP contribution in [0.2, 0.25) is 5.02 Å². The summed E-state index contributed by atoms with van der Waals surface area (Å²) in [6.45, 7) is 2.78. The number of nitrogens with one attached hydrogen (secondary N) is 1. The van der Waals surface area contributed by atoms with Crippen LogP contribution in [0, 0.1) is 0 Å². The number of alkyl halides is 3. The number of nitrogens with zero attached hydrogens (tertiary/aromatic N) is 3. The number of benzene rings is 1. The Hall–Kier alpha value is -1.94. The van der Waals surface area contributed by atoms with Crippen LogP contribution in [-0.4, -0.2) is 39.1 Å². The summed E-state index contributed by atoms with van der Waals surface area (Å²) in [5, 5.41) is 11.0. The smallest absolute Gasteiger partial charge is 0.405 e. The Balaban J connectivity index is 2.10. The van der Waals surface area contributed by atoms with Gasteiger partial charge in [0.25, 0.3) is 0 Å². The third-order valence-electron chi connectivity index (χ3n) is 4.05. The first-order chi connectivity index (χ1) is 13.7. The normalized spacial score (nSPS) is 11.7. The molecule has 29 heavy (non-hydrogen) atoms. The molecule has 0 aliphatic carbocycles. The molecule has 1 aromatic heterocycles. The van der Waals surface area contributed by atoms with Crippen molar-refractivity contribution >= 4 is 29.3 Å². The van der Waals surface area contributed by atoms with Crippen molar-refractivity contribution in [2.45, 2.75) is 50.7 Å². The highest BCUT2D eigenvalue weighted by molar-refractivity contribution is 7.99. The number of hydrogen-bond acceptors (Lipinski definition) is 5. The molecule has 6 nitrogen and oxygen atoms in total. The molecule has 11 heteroatoms. The van der Waals surface area contributed by atoms with E-state index in [-0.39, 0.29) is 18.4 Å². The van der Waals surface area contributed by atoms with E-state index < -0.39 is 18.6 Å². The van der Waals surface area contributed by atoms with Gasteiger partial charge in [0.05, 0.1) is 10.8 Å². The Morgan fingerprint density at radius 3 is 2.59 bits per heavy atom. The molecule has 160 valence electrons. The summed E-state index contributed by atoms with van der Waals surface area (Å²) in [5.41, 5.74) is 0. The molecule has 0 atom stereocenters. The maximum absolute atomic E-state index is 12.2. The predicted octanol–water partition coefficient (Wildman–Crippen LogP) is 4.64. The SMILES string of the molecule is CCC(CC)n1c(COc2ccccc2Cl)nnc1SCC(=O)NCC(F)(F)F. The zero-order valence-electron chi connectivity index (χ0n) is 16.0. The Labute approximate surface area is 176 Å². The van der Waals surface area contributed by atoms with Crippen molar-refractivity contribution in [2.75, 3.05) is 12.3 Å². The van der Waals surface area contributed by atoms with Crippen molar-refractivity contribution in [2.24, 2.45) is 0 Å². The molecule has 1 aromatic carbocycles. The van der Waals surface area contributed by atoms with Crippen LogP contribution >= 0.6 is 23.4 Å². The van der Waals surface area contributed by atoms with Gasteiger partial charge in [0.1, 0.15) is 18.9 Å². The van der Waals surface area contributed by atoms with Crippen LogP contribution in [0.1, 0.15) is 38.6 Å². The standard InChI is InChI=1S/C18H22ClF3N4O2S/c1-3-12(4-2)26-15(9-28-14-8-6-5-7-13(14)19)24-25-17(26)29-10-16(27)23-11-18(20,21)22/h5-8,12H,3-4,9-11H2,1-2H3,(H,23,27). The highest BCUT2D eigenvalue weighted by Gasteiger charge is 2.28. The van der Waals surface area contributed by atoms with Crippen LogP contribution in [0.25, 0.3) is 0 Å². The van der Waals surface area contributed by atoms with E-state index in [4.69, 9.17) is 16.3 Å². The van der Waals surface area contributed by atoms with E-state index in [1.807, 2.05) is 23.7 Å². The Bertz CT molecular complexity index is 813. The van der Waals surface area contributed by atoms with Crippen LogP contribution in [0.15, 0.2) is 29.4 Å². The number of ether oxygens (including phenoxy) is 1. The summed E-state index contributed by atoms with van der Waals surface area (Å²) >= 11 is 7.14. The number of thioether (sulfide) groups is 1. The van der Waals surface area contributed by atoms with Gasteiger partial charge in [-0.3, -0.25) is 4.79 Å². The minimum Gasteiger partial charge on any atom is -0.484 e. The van der Waals surface area contributed by atoms with E-state index >= 15 is 0 Å². The molecular weight excluding hydrogens is 429 g/mol. The highest BCUT2D eigenvalue weighted by atomic mass is 35.5. The minimum atomic E-state index is -4.45. The molecule has 0 aliphatic rings. The van der Waals surface area contributed by atoms with Gasteiger partial charge < -0.3 is 14.6 Å². The maximum atomic E-state index is 12.2. The summed E-state index contributed by atoms with van der Waals surface area (Å²) in [6.07, 6.45) is -2.86. The molecule has 0 fully saturated rings. The van der Waals surface area contributed by atoms with Crippen molar-refractivity contribution in [1.29, 1.82) is 0 Å². The molecule has 0 saturated carbocycles. The fraction of sp³-hybridized carbons (Fsp3) is 0.500. The van der Waals surface area contributed by atoms with Crippen molar-refractivity contribution in [1.82, 2.24) is 20.1 Å². The second kappa shape index (κ2) is 10.7. The van der Waals surface area contributed by atoms with Crippen molar-refractivity contribution in [3.8, 4) is 5.75 Å². The Morgan fingerprint density at radius 1 is 1.28 bits per heavy atom. The molecule has 2 aromatic rings. The summed E-state index contributed by atoms with van der Waals surface area (Å²) in [6, 6.07) is 7.11. The average molecular weight is 451 g/mol. The molecule has 0 saturated heterocycles. The number of carbonyl (C=O) groups is 1. The van der Waals surface area contributed by atoms with Crippen molar-refractivity contribution < 1.29 is 22.7 Å². The van der Waals surface area contributed by atoms with Crippen LogP contribution < -0.4 is 10.1 Å². The van der Waals surface area contributed by atoms with Gasteiger partial charge in [0.2, 0.25) is 5.91 Å². The second-order valence-corrected chi connectivity index (χ2v) is 7.49. The second-order valence-electron chi connectivity index (χ2n) is 6.14. The quantitative estimate of drug-likeness (QED) is 0.534. The highest BCUT2D eigenvalue weighted by Crippen LogP contribution is 2.28. The fourth-order valence-electron chi connectivity index (χ4n) is 2.61. The van der Waals surface area contributed by atoms with Crippen molar-refractivity contribution in [3.05, 3.63) is 35.1 Å². The Kier molecular flexibility index (Phi) is 8.63. The van der Waals surface area contributed by atoms with E-state index in [1.54, 1.807) is 24.3 Å². The van der Waals surface area contributed by atoms with Crippen LogP contribution in [0.4, 0.5) is 13.2 Å². The van der Waals surface area contributed by atoms with Gasteiger partial charge in [0, 0.05) is 6.04 Å². The molecule has 1 N–H and O–H groups in total. The number of rotatable bonds is 10. The first-order valence-electron chi connectivity index (χ1n) is 9.02. The number of halogens is 4. The lowest BCUT2D eigenvalue weighted by Gasteiger charge is -2.19. The topological polar surface area (TPSA) is 69.0 Å². The van der Waals surface area contributed by atoms with Gasteiger partial charge >= 0.3 is 6.18 Å². The van der Waals surface area contributed by atoms with E-state index in [0.717, 1.165) is 24.6 Å². The lowest BCUT2D eigenvalue weighted by Crippen LogP contribution is -2.34. The van der Waals surface area contributed by atoms with Crippen LogP contribution in [0.5, 0.6) is 5.75 Å². The van der Waals surface area contributed by atoms with Crippen molar-refractivity contribution in [3.63, 3.8) is 0 Å². The first-order valence-corrected chi connectivity index (χ1v) is 10.4. The van der Waals surface area contributed by atoms with Gasteiger partial charge in [-0.15, -0.1) is 10.2 Å². The lowest BCUT2D eigenvalue weighted by atomic mass is 10.2. The fourth-order valence-corrected chi connectivity index (χ4v) is 3.65. The molecule has 0 radical (unpaired) electrons. The van der Waals surface area contributed by atoms with Crippen LogP contribution in [-0.2, 0) is 11.4 Å². The summed E-state index contributed by atoms with van der Waals surface area (Å²) < 4.78 is 44.3. The van der Waals surface area contributed by atoms with E-state index in [1.165, 1.54) is 0 Å². The zero-order chi connectivity index (χ0) is 21.4. The predicted molar refractivity (Wildman–Crippen MR) is 105 cm³/mol. The number of aromatic nitrogens is 3. The summed E-state index contributed by atoms with van der Waals surface area (Å²) in [7, 11) is 0. The number of amides is 1. The molecule has 0 spiro atoms. The summed E-state index contributed by atoms with van der Waals surface area (Å²) in [4.78, 5) is 11.7. The van der Waals surface area contributed by atoms with Gasteiger partial charge in [-0.1, -0.05) is 49.3 Å². The van der Waals surface area contributed by atoms with Gasteiger partial charge in [0.15, 0.2) is 11.0 Å². The van der Waals surface area contributed by atoms with Gasteiger partial charge in [-0.25, -0.2) is 0 Å². The number of carbonyl (C=O) groups excluding carboxylic acids is 1. The average Bonchev–Trinajstić information content (AvgIpc) is 3.07. The van der Waals surface area contributed by atoms with Gasteiger partial charge in [-0.2, -0.15) is 13.2 Å². The third-order valence-corrected chi connectivity index (χ3v) is 5.31. The number of hydrogen-bond donors (Lipinski definition) is 1. The van der Waals surface area contributed by atoms with Crippen LogP contribution in [0.3, 0.4) is 0 Å².